The largest absolute Gasteiger partial charge is 0.283 e. The van der Waals surface area contributed by atoms with Crippen LogP contribution in [0.3, 0.4) is 0 Å². The third-order valence-corrected chi connectivity index (χ3v) is 6.02. The van der Waals surface area contributed by atoms with Crippen LogP contribution in [0.25, 0.3) is 0 Å². The molecule has 0 aliphatic carbocycles. The molecule has 26 heavy (non-hydrogen) atoms. The second kappa shape index (κ2) is 8.62. The first-order chi connectivity index (χ1) is 12.2. The van der Waals surface area contributed by atoms with Gasteiger partial charge < -0.3 is 0 Å². The molecule has 0 fully saturated rings. The summed E-state index contributed by atoms with van der Waals surface area (Å²) in [5.74, 6) is 4.62. The SMILES string of the molecule is CC(C)(Sc1ccccc1)C(=O)C#CC(=O)C(C)(C)Sc1ccccc1. The molecule has 0 saturated carbocycles. The molecule has 0 saturated heterocycles. The van der Waals surface area contributed by atoms with Crippen LogP contribution in [0.5, 0.6) is 0 Å². The van der Waals surface area contributed by atoms with E-state index in [1.807, 2.05) is 88.4 Å². The zero-order valence-electron chi connectivity index (χ0n) is 15.4. The van der Waals surface area contributed by atoms with Crippen molar-refractivity contribution >= 4 is 35.1 Å². The normalized spacial score (nSPS) is 11.4. The van der Waals surface area contributed by atoms with Crippen molar-refractivity contribution in [3.05, 3.63) is 60.7 Å². The lowest BCUT2D eigenvalue weighted by Crippen LogP contribution is -2.29. The summed E-state index contributed by atoms with van der Waals surface area (Å²) in [7, 11) is 0. The van der Waals surface area contributed by atoms with E-state index in [0.29, 0.717) is 0 Å². The van der Waals surface area contributed by atoms with E-state index in [1.54, 1.807) is 0 Å². The first-order valence-electron chi connectivity index (χ1n) is 8.30. The van der Waals surface area contributed by atoms with Gasteiger partial charge in [-0.25, -0.2) is 0 Å². The molecule has 0 aromatic heterocycles. The quantitative estimate of drug-likeness (QED) is 0.387. The molecule has 2 aromatic carbocycles. The first-order valence-corrected chi connectivity index (χ1v) is 9.93. The highest BCUT2D eigenvalue weighted by Gasteiger charge is 2.30. The van der Waals surface area contributed by atoms with Gasteiger partial charge in [0.1, 0.15) is 0 Å². The Morgan fingerprint density at radius 1 is 0.654 bits per heavy atom. The number of hydrogen-bond acceptors (Lipinski definition) is 4. The maximum Gasteiger partial charge on any atom is 0.221 e. The van der Waals surface area contributed by atoms with E-state index in [4.69, 9.17) is 0 Å². The van der Waals surface area contributed by atoms with Gasteiger partial charge in [0.25, 0.3) is 0 Å². The van der Waals surface area contributed by atoms with Gasteiger partial charge >= 0.3 is 0 Å². The van der Waals surface area contributed by atoms with E-state index in [9.17, 15) is 9.59 Å². The van der Waals surface area contributed by atoms with Crippen molar-refractivity contribution < 1.29 is 9.59 Å². The second-order valence-electron chi connectivity index (χ2n) is 6.76. The van der Waals surface area contributed by atoms with Crippen molar-refractivity contribution in [2.45, 2.75) is 47.0 Å². The molecule has 2 rings (SSSR count). The molecule has 0 heterocycles. The van der Waals surface area contributed by atoms with Gasteiger partial charge in [-0.05, 0) is 63.8 Å². The molecule has 0 aliphatic heterocycles. The molecule has 2 aromatic rings. The highest BCUT2D eigenvalue weighted by atomic mass is 32.2. The van der Waals surface area contributed by atoms with Crippen molar-refractivity contribution in [2.24, 2.45) is 0 Å². The van der Waals surface area contributed by atoms with Gasteiger partial charge in [0.2, 0.25) is 11.6 Å². The van der Waals surface area contributed by atoms with Gasteiger partial charge in [0, 0.05) is 9.79 Å². The van der Waals surface area contributed by atoms with Crippen LogP contribution in [-0.2, 0) is 9.59 Å². The fourth-order valence-corrected chi connectivity index (χ4v) is 4.13. The standard InChI is InChI=1S/C22H22O2S2/c1-21(2,25-17-11-7-5-8-12-17)19(23)15-16-20(24)22(3,4)26-18-13-9-6-10-14-18/h5-14H,1-4H3. The van der Waals surface area contributed by atoms with E-state index in [2.05, 4.69) is 11.8 Å². The van der Waals surface area contributed by atoms with E-state index in [-0.39, 0.29) is 11.6 Å². The van der Waals surface area contributed by atoms with Crippen LogP contribution in [0.1, 0.15) is 27.7 Å². The van der Waals surface area contributed by atoms with Gasteiger partial charge in [-0.1, -0.05) is 36.4 Å². The molecule has 0 amide bonds. The Kier molecular flexibility index (Phi) is 6.75. The average Bonchev–Trinajstić information content (AvgIpc) is 2.60. The summed E-state index contributed by atoms with van der Waals surface area (Å²) in [5.41, 5.74) is 0. The van der Waals surface area contributed by atoms with Crippen molar-refractivity contribution in [1.82, 2.24) is 0 Å². The van der Waals surface area contributed by atoms with Crippen molar-refractivity contribution in [3.8, 4) is 11.8 Å². The molecule has 2 nitrogen and oxygen atoms in total. The Labute approximate surface area is 164 Å². The van der Waals surface area contributed by atoms with Gasteiger partial charge in [0.15, 0.2) is 0 Å². The number of ketones is 2. The van der Waals surface area contributed by atoms with Gasteiger partial charge in [-0.15, -0.1) is 23.5 Å². The predicted molar refractivity (Wildman–Crippen MR) is 111 cm³/mol. The lowest BCUT2D eigenvalue weighted by atomic mass is 10.1. The van der Waals surface area contributed by atoms with E-state index in [1.165, 1.54) is 23.5 Å². The number of carbonyl (C=O) groups is 2. The highest BCUT2D eigenvalue weighted by Crippen LogP contribution is 2.34. The summed E-state index contributed by atoms with van der Waals surface area (Å²) in [4.78, 5) is 27.0. The molecular formula is C22H22O2S2. The number of carbonyl (C=O) groups excluding carboxylic acids is 2. The minimum atomic E-state index is -0.717. The fourth-order valence-electron chi connectivity index (χ4n) is 2.07. The van der Waals surface area contributed by atoms with E-state index in [0.717, 1.165) is 9.79 Å². The summed E-state index contributed by atoms with van der Waals surface area (Å²) >= 11 is 2.89. The van der Waals surface area contributed by atoms with Crippen LogP contribution >= 0.6 is 23.5 Å². The van der Waals surface area contributed by atoms with Crippen LogP contribution in [-0.4, -0.2) is 21.1 Å². The molecule has 0 bridgehead atoms. The maximum atomic E-state index is 12.5. The zero-order valence-corrected chi connectivity index (χ0v) is 17.0. The Morgan fingerprint density at radius 2 is 0.962 bits per heavy atom. The third kappa shape index (κ3) is 5.79. The van der Waals surface area contributed by atoms with Crippen LogP contribution in [0.2, 0.25) is 0 Å². The van der Waals surface area contributed by atoms with Crippen LogP contribution in [0.4, 0.5) is 0 Å². The van der Waals surface area contributed by atoms with Crippen molar-refractivity contribution in [3.63, 3.8) is 0 Å². The molecule has 0 atom stereocenters. The molecule has 0 radical (unpaired) electrons. The van der Waals surface area contributed by atoms with E-state index >= 15 is 0 Å². The summed E-state index contributed by atoms with van der Waals surface area (Å²) in [6.07, 6.45) is 0. The fraction of sp³-hybridized carbons (Fsp3) is 0.273. The van der Waals surface area contributed by atoms with Crippen molar-refractivity contribution in [1.29, 1.82) is 0 Å². The maximum absolute atomic E-state index is 12.5. The number of Topliss-reactive ketones (excluding diaryl/α,β-unsaturated/α-hetero) is 2. The van der Waals surface area contributed by atoms with E-state index < -0.39 is 9.49 Å². The van der Waals surface area contributed by atoms with Crippen molar-refractivity contribution in [2.75, 3.05) is 0 Å². The zero-order chi connectivity index (χ0) is 19.2. The highest BCUT2D eigenvalue weighted by molar-refractivity contribution is 8.01. The summed E-state index contributed by atoms with van der Waals surface area (Å²) in [5, 5.41) is 0. The summed E-state index contributed by atoms with van der Waals surface area (Å²) < 4.78 is -1.43. The minimum absolute atomic E-state index is 0.250. The first kappa shape index (κ1) is 20.4. The lowest BCUT2D eigenvalue weighted by molar-refractivity contribution is -0.116. The minimum Gasteiger partial charge on any atom is -0.283 e. The second-order valence-corrected chi connectivity index (χ2v) is 10.2. The Hall–Kier alpha value is -1.96. The third-order valence-electron chi connectivity index (χ3n) is 3.62. The number of thioether (sulfide) groups is 2. The molecule has 4 heteroatoms. The number of rotatable bonds is 6. The molecule has 0 spiro atoms. The van der Waals surface area contributed by atoms with Crippen LogP contribution in [0.15, 0.2) is 70.5 Å². The molecule has 134 valence electrons. The predicted octanol–water partition coefficient (Wildman–Crippen LogP) is 5.27. The van der Waals surface area contributed by atoms with Crippen LogP contribution < -0.4 is 0 Å². The molecule has 0 aliphatic rings. The Balaban J connectivity index is 2.06. The lowest BCUT2D eigenvalue weighted by Gasteiger charge is -2.20. The van der Waals surface area contributed by atoms with Gasteiger partial charge in [-0.3, -0.25) is 9.59 Å². The molecular weight excluding hydrogens is 360 g/mol. The Morgan fingerprint density at radius 3 is 1.27 bits per heavy atom. The monoisotopic (exact) mass is 382 g/mol. The number of benzene rings is 2. The summed E-state index contributed by atoms with van der Waals surface area (Å²) in [6, 6.07) is 19.4. The average molecular weight is 383 g/mol. The number of hydrogen-bond donors (Lipinski definition) is 0. The summed E-state index contributed by atoms with van der Waals surface area (Å²) in [6.45, 7) is 7.32. The van der Waals surface area contributed by atoms with Crippen LogP contribution in [0, 0.1) is 11.8 Å². The molecule has 0 unspecified atom stereocenters. The Bertz CT molecular complexity index is 759. The topological polar surface area (TPSA) is 34.1 Å². The molecule has 0 N–H and O–H groups in total. The smallest absolute Gasteiger partial charge is 0.221 e. The van der Waals surface area contributed by atoms with Gasteiger partial charge in [0.05, 0.1) is 9.49 Å². The van der Waals surface area contributed by atoms with Gasteiger partial charge in [-0.2, -0.15) is 0 Å².